The highest BCUT2D eigenvalue weighted by molar-refractivity contribution is 5.80. The number of methoxy groups -OCH3 is 2. The SMILES string of the molecule is CCC1CCCC(NCCOC)(C(=O)OC)CC1. The molecule has 0 aromatic rings. The normalized spacial score (nSPS) is 28.7. The van der Waals surface area contributed by atoms with Crippen LogP contribution < -0.4 is 5.32 Å². The predicted molar refractivity (Wildman–Crippen MR) is 71.5 cm³/mol. The smallest absolute Gasteiger partial charge is 0.326 e. The van der Waals surface area contributed by atoms with E-state index in [2.05, 4.69) is 12.2 Å². The minimum atomic E-state index is -0.489. The lowest BCUT2D eigenvalue weighted by molar-refractivity contribution is -0.149. The minimum absolute atomic E-state index is 0.115. The molecule has 0 aliphatic heterocycles. The Morgan fingerprint density at radius 3 is 2.72 bits per heavy atom. The first kappa shape index (κ1) is 15.4. The molecule has 1 aliphatic carbocycles. The van der Waals surface area contributed by atoms with Gasteiger partial charge in [-0.3, -0.25) is 10.1 Å². The van der Waals surface area contributed by atoms with Crippen LogP contribution in [0.3, 0.4) is 0 Å². The summed E-state index contributed by atoms with van der Waals surface area (Å²) < 4.78 is 10.1. The summed E-state index contributed by atoms with van der Waals surface area (Å²) >= 11 is 0. The molecule has 0 saturated heterocycles. The largest absolute Gasteiger partial charge is 0.468 e. The van der Waals surface area contributed by atoms with E-state index >= 15 is 0 Å². The molecule has 0 aromatic heterocycles. The maximum Gasteiger partial charge on any atom is 0.326 e. The van der Waals surface area contributed by atoms with Crippen molar-refractivity contribution >= 4 is 5.97 Å². The van der Waals surface area contributed by atoms with Crippen LogP contribution in [0.15, 0.2) is 0 Å². The van der Waals surface area contributed by atoms with Crippen LogP contribution >= 0.6 is 0 Å². The van der Waals surface area contributed by atoms with Crippen LogP contribution in [-0.4, -0.2) is 38.9 Å². The van der Waals surface area contributed by atoms with E-state index < -0.39 is 5.54 Å². The van der Waals surface area contributed by atoms with E-state index in [4.69, 9.17) is 9.47 Å². The van der Waals surface area contributed by atoms with Gasteiger partial charge >= 0.3 is 5.97 Å². The molecular weight excluding hydrogens is 230 g/mol. The van der Waals surface area contributed by atoms with Gasteiger partial charge in [0.05, 0.1) is 13.7 Å². The zero-order valence-electron chi connectivity index (χ0n) is 12.0. The summed E-state index contributed by atoms with van der Waals surface area (Å²) in [7, 11) is 3.15. The van der Waals surface area contributed by atoms with E-state index in [0.717, 1.165) is 31.6 Å². The minimum Gasteiger partial charge on any atom is -0.468 e. The highest BCUT2D eigenvalue weighted by Gasteiger charge is 2.40. The average molecular weight is 257 g/mol. The average Bonchev–Trinajstić information content (AvgIpc) is 2.61. The monoisotopic (exact) mass is 257 g/mol. The highest BCUT2D eigenvalue weighted by atomic mass is 16.5. The molecule has 1 rings (SSSR count). The molecule has 0 amide bonds. The van der Waals surface area contributed by atoms with Crippen molar-refractivity contribution in [2.45, 2.75) is 51.0 Å². The van der Waals surface area contributed by atoms with Crippen molar-refractivity contribution in [1.29, 1.82) is 0 Å². The Morgan fingerprint density at radius 1 is 1.33 bits per heavy atom. The quantitative estimate of drug-likeness (QED) is 0.450. The second kappa shape index (κ2) is 7.74. The van der Waals surface area contributed by atoms with Crippen molar-refractivity contribution in [3.8, 4) is 0 Å². The number of hydrogen-bond donors (Lipinski definition) is 1. The Bertz CT molecular complexity index is 257. The van der Waals surface area contributed by atoms with Gasteiger partial charge in [-0.1, -0.05) is 26.2 Å². The summed E-state index contributed by atoms with van der Waals surface area (Å²) in [5, 5.41) is 3.37. The van der Waals surface area contributed by atoms with E-state index in [1.54, 1.807) is 7.11 Å². The summed E-state index contributed by atoms with van der Waals surface area (Å²) in [6.45, 7) is 3.55. The Labute approximate surface area is 110 Å². The van der Waals surface area contributed by atoms with E-state index in [0.29, 0.717) is 13.2 Å². The van der Waals surface area contributed by atoms with E-state index in [1.165, 1.54) is 20.0 Å². The summed E-state index contributed by atoms with van der Waals surface area (Å²) in [6.07, 6.45) is 6.37. The lowest BCUT2D eigenvalue weighted by atomic mass is 9.89. The molecule has 4 nitrogen and oxygen atoms in total. The van der Waals surface area contributed by atoms with Crippen LogP contribution in [0.25, 0.3) is 0 Å². The van der Waals surface area contributed by atoms with Crippen LogP contribution in [0.5, 0.6) is 0 Å². The van der Waals surface area contributed by atoms with Gasteiger partial charge in [0.25, 0.3) is 0 Å². The van der Waals surface area contributed by atoms with Gasteiger partial charge in [0, 0.05) is 13.7 Å². The second-order valence-corrected chi connectivity index (χ2v) is 5.20. The Hall–Kier alpha value is -0.610. The molecule has 1 saturated carbocycles. The Kier molecular flexibility index (Phi) is 6.65. The van der Waals surface area contributed by atoms with Crippen LogP contribution in [-0.2, 0) is 14.3 Å². The van der Waals surface area contributed by atoms with Crippen molar-refractivity contribution in [3.63, 3.8) is 0 Å². The molecule has 4 heteroatoms. The lowest BCUT2D eigenvalue weighted by Gasteiger charge is -2.31. The zero-order chi connectivity index (χ0) is 13.4. The molecule has 0 heterocycles. The van der Waals surface area contributed by atoms with Crippen molar-refractivity contribution in [1.82, 2.24) is 5.32 Å². The first-order chi connectivity index (χ1) is 8.68. The van der Waals surface area contributed by atoms with Gasteiger partial charge in [-0.25, -0.2) is 0 Å². The maximum atomic E-state index is 12.1. The van der Waals surface area contributed by atoms with Crippen molar-refractivity contribution in [3.05, 3.63) is 0 Å². The Morgan fingerprint density at radius 2 is 2.11 bits per heavy atom. The molecular formula is C14H27NO3. The van der Waals surface area contributed by atoms with Crippen LogP contribution in [0.2, 0.25) is 0 Å². The number of ether oxygens (including phenoxy) is 2. The number of hydrogen-bond acceptors (Lipinski definition) is 4. The molecule has 2 atom stereocenters. The first-order valence-corrected chi connectivity index (χ1v) is 7.01. The van der Waals surface area contributed by atoms with Crippen LogP contribution in [0.4, 0.5) is 0 Å². The van der Waals surface area contributed by atoms with Gasteiger partial charge in [0.15, 0.2) is 0 Å². The summed E-state index contributed by atoms with van der Waals surface area (Å²) in [6, 6.07) is 0. The topological polar surface area (TPSA) is 47.6 Å². The molecule has 0 bridgehead atoms. The van der Waals surface area contributed by atoms with Gasteiger partial charge in [-0.05, 0) is 25.2 Å². The third kappa shape index (κ3) is 3.95. The first-order valence-electron chi connectivity index (χ1n) is 7.01. The molecule has 0 radical (unpaired) electrons. The molecule has 106 valence electrons. The number of nitrogens with one attached hydrogen (secondary N) is 1. The standard InChI is InChI=1S/C14H27NO3/c1-4-12-6-5-8-14(9-7-12,13(16)18-3)15-10-11-17-2/h12,15H,4-11H2,1-3H3. The molecule has 0 spiro atoms. The fraction of sp³-hybridized carbons (Fsp3) is 0.929. The third-order valence-corrected chi connectivity index (χ3v) is 4.12. The summed E-state index contributed by atoms with van der Waals surface area (Å²) in [4.78, 5) is 12.1. The van der Waals surface area contributed by atoms with Crippen molar-refractivity contribution in [2.75, 3.05) is 27.4 Å². The lowest BCUT2D eigenvalue weighted by Crippen LogP contribution is -2.53. The predicted octanol–water partition coefficient (Wildman–Crippen LogP) is 2.12. The zero-order valence-corrected chi connectivity index (χ0v) is 12.0. The fourth-order valence-corrected chi connectivity index (χ4v) is 2.86. The molecule has 2 unspecified atom stereocenters. The molecule has 0 aromatic carbocycles. The third-order valence-electron chi connectivity index (χ3n) is 4.12. The number of esters is 1. The summed E-state index contributed by atoms with van der Waals surface area (Å²) in [5.41, 5.74) is -0.489. The van der Waals surface area contributed by atoms with Crippen molar-refractivity contribution < 1.29 is 14.3 Å². The van der Waals surface area contributed by atoms with E-state index in [-0.39, 0.29) is 5.97 Å². The molecule has 1 fully saturated rings. The van der Waals surface area contributed by atoms with Gasteiger partial charge in [-0.15, -0.1) is 0 Å². The maximum absolute atomic E-state index is 12.1. The van der Waals surface area contributed by atoms with Gasteiger partial charge in [0.1, 0.15) is 5.54 Å². The van der Waals surface area contributed by atoms with Crippen LogP contribution in [0.1, 0.15) is 45.4 Å². The number of carbonyl (C=O) groups excluding carboxylic acids is 1. The van der Waals surface area contributed by atoms with E-state index in [1.807, 2.05) is 0 Å². The molecule has 1 aliphatic rings. The second-order valence-electron chi connectivity index (χ2n) is 5.20. The van der Waals surface area contributed by atoms with E-state index in [9.17, 15) is 4.79 Å². The Balaban J connectivity index is 2.67. The number of rotatable bonds is 6. The molecule has 1 N–H and O–H groups in total. The van der Waals surface area contributed by atoms with Crippen molar-refractivity contribution in [2.24, 2.45) is 5.92 Å². The number of carbonyl (C=O) groups is 1. The van der Waals surface area contributed by atoms with Crippen LogP contribution in [0, 0.1) is 5.92 Å². The van der Waals surface area contributed by atoms with Gasteiger partial charge in [-0.2, -0.15) is 0 Å². The molecule has 18 heavy (non-hydrogen) atoms. The van der Waals surface area contributed by atoms with Gasteiger partial charge < -0.3 is 9.47 Å². The fourth-order valence-electron chi connectivity index (χ4n) is 2.86. The summed E-state index contributed by atoms with van der Waals surface area (Å²) in [5.74, 6) is 0.635. The van der Waals surface area contributed by atoms with Gasteiger partial charge in [0.2, 0.25) is 0 Å². The highest BCUT2D eigenvalue weighted by Crippen LogP contribution is 2.32.